The Kier molecular flexibility index (Phi) is 6.94. The van der Waals surface area contributed by atoms with E-state index in [1.807, 2.05) is 6.92 Å². The largest absolute Gasteiger partial charge is 0.366 e. The molecule has 0 aromatic carbocycles. The first-order valence-electron chi connectivity index (χ1n) is 7.30. The first kappa shape index (κ1) is 20.7. The van der Waals surface area contributed by atoms with Gasteiger partial charge in [0, 0.05) is 6.42 Å². The molecule has 10 heteroatoms. The molecule has 1 aliphatic rings. The number of nitrogens with two attached hydrogens (primary N) is 1. The fraction of sp³-hybridized carbons (Fsp3) is 1.00. The Bertz CT molecular complexity index is 473. The van der Waals surface area contributed by atoms with Crippen molar-refractivity contribution in [2.45, 2.75) is 71.1 Å². The molecule has 1 aliphatic heterocycles. The maximum atomic E-state index is 10.9. The molecule has 1 heterocycles. The van der Waals surface area contributed by atoms with Gasteiger partial charge in [0.1, 0.15) is 6.61 Å². The molecule has 0 saturated carbocycles. The van der Waals surface area contributed by atoms with Crippen molar-refractivity contribution in [1.82, 2.24) is 0 Å². The van der Waals surface area contributed by atoms with Gasteiger partial charge in [-0.2, -0.15) is 8.42 Å². The number of rotatable bonds is 5. The summed E-state index contributed by atoms with van der Waals surface area (Å²) in [6, 6.07) is 0. The summed E-state index contributed by atoms with van der Waals surface area (Å²) >= 11 is 0. The van der Waals surface area contributed by atoms with E-state index in [2.05, 4.69) is 4.18 Å². The second-order valence-electron chi connectivity index (χ2n) is 6.41. The number of ether oxygens (including phenoxy) is 4. The standard InChI is InChI=1S/C13H27NO8S/c1-9-6-10(21-12(2,3)15)7-18-11(8-19-23(14,16)17)22-13(4,5)20-9/h9-11,15H,6-8H2,1-5H3,(H2,14,16,17)/t9-,10+,11?/m1/s1. The number of hydrogen-bond acceptors (Lipinski definition) is 8. The van der Waals surface area contributed by atoms with E-state index in [-0.39, 0.29) is 12.7 Å². The maximum Gasteiger partial charge on any atom is 0.333 e. The quantitative estimate of drug-likeness (QED) is 0.669. The second kappa shape index (κ2) is 7.70. The Morgan fingerprint density at radius 1 is 1.35 bits per heavy atom. The van der Waals surface area contributed by atoms with Crippen LogP contribution in [0.4, 0.5) is 0 Å². The topological polar surface area (TPSA) is 127 Å². The van der Waals surface area contributed by atoms with E-state index in [1.54, 1.807) is 13.8 Å². The third kappa shape index (κ3) is 9.52. The van der Waals surface area contributed by atoms with Crippen LogP contribution in [0, 0.1) is 0 Å². The molecule has 0 amide bonds. The molecule has 9 nitrogen and oxygen atoms in total. The molecule has 1 fully saturated rings. The van der Waals surface area contributed by atoms with Gasteiger partial charge < -0.3 is 24.1 Å². The smallest absolute Gasteiger partial charge is 0.333 e. The van der Waals surface area contributed by atoms with E-state index in [1.165, 1.54) is 13.8 Å². The van der Waals surface area contributed by atoms with E-state index >= 15 is 0 Å². The van der Waals surface area contributed by atoms with E-state index < -0.39 is 40.9 Å². The monoisotopic (exact) mass is 357 g/mol. The summed E-state index contributed by atoms with van der Waals surface area (Å²) in [6.07, 6.45) is -1.28. The van der Waals surface area contributed by atoms with Gasteiger partial charge in [-0.05, 0) is 34.6 Å². The average molecular weight is 357 g/mol. The fourth-order valence-corrected chi connectivity index (χ4v) is 2.59. The van der Waals surface area contributed by atoms with Crippen molar-refractivity contribution >= 4 is 10.3 Å². The molecular formula is C13H27NO8S. The van der Waals surface area contributed by atoms with Crippen molar-refractivity contribution in [3.05, 3.63) is 0 Å². The maximum absolute atomic E-state index is 10.9. The van der Waals surface area contributed by atoms with Crippen LogP contribution in [0.25, 0.3) is 0 Å². The molecule has 1 rings (SSSR count). The Balaban J connectivity index is 2.81. The van der Waals surface area contributed by atoms with Crippen LogP contribution in [0.15, 0.2) is 0 Å². The van der Waals surface area contributed by atoms with Crippen molar-refractivity contribution < 1.29 is 36.7 Å². The zero-order valence-electron chi connectivity index (χ0n) is 14.1. The first-order chi connectivity index (χ1) is 10.3. The third-order valence-corrected chi connectivity index (χ3v) is 3.25. The summed E-state index contributed by atoms with van der Waals surface area (Å²) in [7, 11) is -4.12. The predicted octanol–water partition coefficient (Wildman–Crippen LogP) is 0.224. The van der Waals surface area contributed by atoms with E-state index in [0.717, 1.165) is 0 Å². The normalized spacial score (nSPS) is 30.3. The fourth-order valence-electron chi connectivity index (χ4n) is 2.29. The lowest BCUT2D eigenvalue weighted by atomic mass is 10.1. The lowest BCUT2D eigenvalue weighted by Gasteiger charge is -2.31. The molecule has 23 heavy (non-hydrogen) atoms. The molecule has 138 valence electrons. The van der Waals surface area contributed by atoms with Crippen molar-refractivity contribution in [2.75, 3.05) is 13.2 Å². The van der Waals surface area contributed by atoms with Gasteiger partial charge >= 0.3 is 10.3 Å². The first-order valence-corrected chi connectivity index (χ1v) is 8.77. The number of aliphatic hydroxyl groups is 1. The van der Waals surface area contributed by atoms with Crippen molar-refractivity contribution in [3.8, 4) is 0 Å². The SMILES string of the molecule is C[C@@H]1C[C@H](OC(C)(C)O)COC(COS(N)(=O)=O)OC(C)(C)O1. The molecule has 0 bridgehead atoms. The van der Waals surface area contributed by atoms with Crippen molar-refractivity contribution in [1.29, 1.82) is 0 Å². The second-order valence-corrected chi connectivity index (χ2v) is 7.63. The van der Waals surface area contributed by atoms with Crippen LogP contribution in [0.1, 0.15) is 41.0 Å². The molecule has 1 saturated heterocycles. The van der Waals surface area contributed by atoms with Crippen LogP contribution in [0.5, 0.6) is 0 Å². The summed E-state index contributed by atoms with van der Waals surface area (Å²) in [4.78, 5) is 0. The van der Waals surface area contributed by atoms with E-state index in [4.69, 9.17) is 24.1 Å². The van der Waals surface area contributed by atoms with Crippen LogP contribution >= 0.6 is 0 Å². The molecule has 3 N–H and O–H groups in total. The van der Waals surface area contributed by atoms with Gasteiger partial charge in [-0.15, -0.1) is 0 Å². The Hall–Kier alpha value is -0.330. The zero-order chi connectivity index (χ0) is 17.9. The molecule has 1 unspecified atom stereocenters. The van der Waals surface area contributed by atoms with Gasteiger partial charge in [-0.1, -0.05) is 0 Å². The minimum Gasteiger partial charge on any atom is -0.366 e. The predicted molar refractivity (Wildman–Crippen MR) is 80.3 cm³/mol. The highest BCUT2D eigenvalue weighted by Gasteiger charge is 2.33. The number of hydrogen-bond donors (Lipinski definition) is 2. The highest BCUT2D eigenvalue weighted by Crippen LogP contribution is 2.24. The Labute approximate surface area is 137 Å². The van der Waals surface area contributed by atoms with E-state index in [9.17, 15) is 13.5 Å². The minimum atomic E-state index is -4.12. The summed E-state index contributed by atoms with van der Waals surface area (Å²) in [6.45, 7) is 7.84. The van der Waals surface area contributed by atoms with Crippen molar-refractivity contribution in [3.63, 3.8) is 0 Å². The van der Waals surface area contributed by atoms with Gasteiger partial charge in [-0.25, -0.2) is 5.14 Å². The lowest BCUT2D eigenvalue weighted by Crippen LogP contribution is -2.39. The molecule has 0 spiro atoms. The third-order valence-electron chi connectivity index (χ3n) is 2.79. The van der Waals surface area contributed by atoms with Gasteiger partial charge in [0.25, 0.3) is 0 Å². The van der Waals surface area contributed by atoms with Crippen LogP contribution in [0.2, 0.25) is 0 Å². The van der Waals surface area contributed by atoms with E-state index in [0.29, 0.717) is 6.42 Å². The highest BCUT2D eigenvalue weighted by atomic mass is 32.2. The van der Waals surface area contributed by atoms with Crippen molar-refractivity contribution in [2.24, 2.45) is 5.14 Å². The van der Waals surface area contributed by atoms with Crippen LogP contribution in [-0.2, 0) is 33.4 Å². The molecule has 0 aromatic rings. The molecule has 0 aromatic heterocycles. The van der Waals surface area contributed by atoms with Gasteiger partial charge in [0.15, 0.2) is 17.9 Å². The Morgan fingerprint density at radius 2 is 1.96 bits per heavy atom. The minimum absolute atomic E-state index is 0.0619. The van der Waals surface area contributed by atoms with Crippen LogP contribution < -0.4 is 5.14 Å². The Morgan fingerprint density at radius 3 is 2.48 bits per heavy atom. The van der Waals surface area contributed by atoms with Crippen LogP contribution in [0.3, 0.4) is 0 Å². The average Bonchev–Trinajstić information content (AvgIpc) is 2.31. The zero-order valence-corrected chi connectivity index (χ0v) is 15.0. The highest BCUT2D eigenvalue weighted by molar-refractivity contribution is 7.84. The molecule has 3 atom stereocenters. The summed E-state index contributed by atoms with van der Waals surface area (Å²) in [5.41, 5.74) is 0. The van der Waals surface area contributed by atoms with Gasteiger partial charge in [-0.3, -0.25) is 4.18 Å². The van der Waals surface area contributed by atoms with Gasteiger partial charge in [0.05, 0.1) is 18.8 Å². The molecule has 0 radical (unpaired) electrons. The summed E-state index contributed by atoms with van der Waals surface area (Å²) in [5, 5.41) is 14.6. The summed E-state index contributed by atoms with van der Waals surface area (Å²) in [5.74, 6) is -2.37. The summed E-state index contributed by atoms with van der Waals surface area (Å²) < 4.78 is 48.7. The lowest BCUT2D eigenvalue weighted by molar-refractivity contribution is -0.304. The van der Waals surface area contributed by atoms with Gasteiger partial charge in [0.2, 0.25) is 0 Å². The van der Waals surface area contributed by atoms with Crippen LogP contribution in [-0.4, -0.2) is 56.8 Å². The molecular weight excluding hydrogens is 330 g/mol. The molecule has 0 aliphatic carbocycles.